The number of ether oxygens (including phenoxy) is 1. The molecular weight excluding hydrogens is 316 g/mol. The first-order valence-corrected chi connectivity index (χ1v) is 8.62. The number of hydrogen-bond donors (Lipinski definition) is 2. The highest BCUT2D eigenvalue weighted by Crippen LogP contribution is 2.30. The van der Waals surface area contributed by atoms with Gasteiger partial charge in [0.1, 0.15) is 5.75 Å². The highest BCUT2D eigenvalue weighted by Gasteiger charge is 2.23. The summed E-state index contributed by atoms with van der Waals surface area (Å²) in [6.45, 7) is 1.35. The van der Waals surface area contributed by atoms with Gasteiger partial charge in [-0.05, 0) is 55.2 Å². The van der Waals surface area contributed by atoms with E-state index in [1.165, 1.54) is 12.8 Å². The van der Waals surface area contributed by atoms with E-state index in [1.807, 2.05) is 54.4 Å². The molecule has 5 heteroatoms. The highest BCUT2D eigenvalue weighted by molar-refractivity contribution is 6.06. The van der Waals surface area contributed by atoms with Crippen LogP contribution in [-0.4, -0.2) is 37.8 Å². The Morgan fingerprint density at radius 1 is 1.20 bits per heavy atom. The van der Waals surface area contributed by atoms with Gasteiger partial charge in [-0.15, -0.1) is 0 Å². The number of aliphatic hydroxyl groups excluding tert-OH is 1. The average molecular weight is 340 g/mol. The second-order valence-electron chi connectivity index (χ2n) is 6.40. The van der Waals surface area contributed by atoms with Crippen molar-refractivity contribution in [2.75, 3.05) is 37.0 Å². The molecule has 25 heavy (non-hydrogen) atoms. The van der Waals surface area contributed by atoms with Gasteiger partial charge >= 0.3 is 0 Å². The number of benzene rings is 2. The molecule has 0 bridgehead atoms. The van der Waals surface area contributed by atoms with Gasteiger partial charge in [-0.3, -0.25) is 4.79 Å². The fraction of sp³-hybridized carbons (Fsp3) is 0.350. The summed E-state index contributed by atoms with van der Waals surface area (Å²) in [6.07, 6.45) is 2.43. The van der Waals surface area contributed by atoms with Gasteiger partial charge in [0.05, 0.1) is 18.8 Å². The number of carbonyl (C=O) groups is 1. The van der Waals surface area contributed by atoms with Crippen LogP contribution in [0.2, 0.25) is 0 Å². The lowest BCUT2D eigenvalue weighted by molar-refractivity contribution is 0.102. The Bertz CT molecular complexity index is 711. The molecule has 1 saturated carbocycles. The zero-order chi connectivity index (χ0) is 17.6. The van der Waals surface area contributed by atoms with Crippen molar-refractivity contribution in [1.29, 1.82) is 0 Å². The van der Waals surface area contributed by atoms with E-state index in [0.717, 1.165) is 11.4 Å². The molecule has 0 saturated heterocycles. The first-order chi connectivity index (χ1) is 12.2. The van der Waals surface area contributed by atoms with Crippen LogP contribution >= 0.6 is 0 Å². The lowest BCUT2D eigenvalue weighted by Crippen LogP contribution is -2.21. The maximum absolute atomic E-state index is 12.6. The van der Waals surface area contributed by atoms with Gasteiger partial charge in [0, 0.05) is 25.0 Å². The molecule has 2 aromatic carbocycles. The molecule has 0 spiro atoms. The Morgan fingerprint density at radius 2 is 1.92 bits per heavy atom. The fourth-order valence-electron chi connectivity index (χ4n) is 2.55. The molecule has 2 aromatic rings. The van der Waals surface area contributed by atoms with E-state index in [-0.39, 0.29) is 12.5 Å². The van der Waals surface area contributed by atoms with Gasteiger partial charge in [0.25, 0.3) is 5.91 Å². The Kier molecular flexibility index (Phi) is 5.56. The first kappa shape index (κ1) is 17.3. The van der Waals surface area contributed by atoms with Crippen LogP contribution in [0.15, 0.2) is 48.5 Å². The summed E-state index contributed by atoms with van der Waals surface area (Å²) < 4.78 is 5.81. The van der Waals surface area contributed by atoms with Crippen molar-refractivity contribution in [3.8, 4) is 5.75 Å². The Labute approximate surface area is 148 Å². The van der Waals surface area contributed by atoms with Crippen LogP contribution in [0.3, 0.4) is 0 Å². The second-order valence-corrected chi connectivity index (χ2v) is 6.40. The molecule has 1 aliphatic carbocycles. The topological polar surface area (TPSA) is 61.8 Å². The number of nitrogens with one attached hydrogen (secondary N) is 1. The first-order valence-electron chi connectivity index (χ1n) is 8.62. The molecule has 0 heterocycles. The Morgan fingerprint density at radius 3 is 2.60 bits per heavy atom. The van der Waals surface area contributed by atoms with Crippen molar-refractivity contribution in [2.24, 2.45) is 5.92 Å². The minimum absolute atomic E-state index is 0.104. The second kappa shape index (κ2) is 8.03. The molecule has 5 nitrogen and oxygen atoms in total. The van der Waals surface area contributed by atoms with E-state index in [9.17, 15) is 4.79 Å². The lowest BCUT2D eigenvalue weighted by atomic mass is 10.1. The molecule has 0 radical (unpaired) electrons. The Balaban J connectivity index is 1.65. The third-order valence-electron chi connectivity index (χ3n) is 4.30. The standard InChI is InChI=1S/C20H24N2O3/c1-22(12-13-23)17-10-8-16(9-11-17)21-20(24)18-4-2-3-5-19(18)25-14-15-6-7-15/h2-5,8-11,15,23H,6-7,12-14H2,1H3,(H,21,24). The monoisotopic (exact) mass is 340 g/mol. The van der Waals surface area contributed by atoms with Crippen LogP contribution in [0.4, 0.5) is 11.4 Å². The number of carbonyl (C=O) groups excluding carboxylic acids is 1. The number of amides is 1. The summed E-state index contributed by atoms with van der Waals surface area (Å²) in [4.78, 5) is 14.5. The maximum Gasteiger partial charge on any atom is 0.259 e. The predicted octanol–water partition coefficient (Wildman–Crippen LogP) is 3.16. The quantitative estimate of drug-likeness (QED) is 0.775. The van der Waals surface area contributed by atoms with Gasteiger partial charge < -0.3 is 20.1 Å². The largest absolute Gasteiger partial charge is 0.492 e. The van der Waals surface area contributed by atoms with E-state index in [0.29, 0.717) is 30.4 Å². The summed E-state index contributed by atoms with van der Waals surface area (Å²) in [5, 5.41) is 11.9. The summed E-state index contributed by atoms with van der Waals surface area (Å²) >= 11 is 0. The number of rotatable bonds is 8. The minimum atomic E-state index is -0.178. The number of likely N-dealkylation sites (N-methyl/N-ethyl adjacent to an activating group) is 1. The number of anilines is 2. The zero-order valence-electron chi connectivity index (χ0n) is 14.4. The van der Waals surface area contributed by atoms with E-state index in [1.54, 1.807) is 6.07 Å². The molecule has 1 amide bonds. The van der Waals surface area contributed by atoms with Crippen LogP contribution in [0.25, 0.3) is 0 Å². The molecule has 3 rings (SSSR count). The number of nitrogens with zero attached hydrogens (tertiary/aromatic N) is 1. The molecule has 1 aliphatic rings. The van der Waals surface area contributed by atoms with Crippen molar-refractivity contribution in [1.82, 2.24) is 0 Å². The molecule has 0 unspecified atom stereocenters. The summed E-state index contributed by atoms with van der Waals surface area (Å²) in [5.41, 5.74) is 2.26. The average Bonchev–Trinajstić information content (AvgIpc) is 3.45. The van der Waals surface area contributed by atoms with E-state index in [2.05, 4.69) is 5.32 Å². The van der Waals surface area contributed by atoms with Crippen molar-refractivity contribution in [3.05, 3.63) is 54.1 Å². The molecule has 0 aliphatic heterocycles. The van der Waals surface area contributed by atoms with E-state index in [4.69, 9.17) is 9.84 Å². The van der Waals surface area contributed by atoms with Crippen LogP contribution < -0.4 is 15.0 Å². The highest BCUT2D eigenvalue weighted by atomic mass is 16.5. The third kappa shape index (κ3) is 4.73. The fourth-order valence-corrected chi connectivity index (χ4v) is 2.55. The molecule has 0 aromatic heterocycles. The van der Waals surface area contributed by atoms with Crippen molar-refractivity contribution >= 4 is 17.3 Å². The SMILES string of the molecule is CN(CCO)c1ccc(NC(=O)c2ccccc2OCC2CC2)cc1. The molecule has 132 valence electrons. The van der Waals surface area contributed by atoms with E-state index >= 15 is 0 Å². The lowest BCUT2D eigenvalue weighted by Gasteiger charge is -2.18. The minimum Gasteiger partial charge on any atom is -0.492 e. The van der Waals surface area contributed by atoms with Gasteiger partial charge in [-0.25, -0.2) is 0 Å². The van der Waals surface area contributed by atoms with Crippen molar-refractivity contribution in [3.63, 3.8) is 0 Å². The van der Waals surface area contributed by atoms with Gasteiger partial charge in [0.2, 0.25) is 0 Å². The third-order valence-corrected chi connectivity index (χ3v) is 4.30. The van der Waals surface area contributed by atoms with Crippen molar-refractivity contribution in [2.45, 2.75) is 12.8 Å². The van der Waals surface area contributed by atoms with Crippen LogP contribution in [0.1, 0.15) is 23.2 Å². The maximum atomic E-state index is 12.6. The van der Waals surface area contributed by atoms with Gasteiger partial charge in [0.15, 0.2) is 0 Å². The predicted molar refractivity (Wildman–Crippen MR) is 99.4 cm³/mol. The van der Waals surface area contributed by atoms with Crippen molar-refractivity contribution < 1.29 is 14.6 Å². The molecule has 0 atom stereocenters. The molecular formula is C20H24N2O3. The van der Waals surface area contributed by atoms with Gasteiger partial charge in [-0.1, -0.05) is 12.1 Å². The summed E-state index contributed by atoms with van der Waals surface area (Å²) in [7, 11) is 1.91. The van der Waals surface area contributed by atoms with Gasteiger partial charge in [-0.2, -0.15) is 0 Å². The zero-order valence-corrected chi connectivity index (χ0v) is 14.4. The number of para-hydroxylation sites is 1. The van der Waals surface area contributed by atoms with Crippen LogP contribution in [0.5, 0.6) is 5.75 Å². The summed E-state index contributed by atoms with van der Waals surface area (Å²) in [5.74, 6) is 1.09. The van der Waals surface area contributed by atoms with E-state index < -0.39 is 0 Å². The van der Waals surface area contributed by atoms with Crippen LogP contribution in [0, 0.1) is 5.92 Å². The smallest absolute Gasteiger partial charge is 0.259 e. The van der Waals surface area contributed by atoms with Crippen LogP contribution in [-0.2, 0) is 0 Å². The molecule has 1 fully saturated rings. The summed E-state index contributed by atoms with van der Waals surface area (Å²) in [6, 6.07) is 14.9. The Hall–Kier alpha value is -2.53. The number of hydrogen-bond acceptors (Lipinski definition) is 4. The number of aliphatic hydroxyl groups is 1. The molecule has 2 N–H and O–H groups in total. The normalized spacial score (nSPS) is 13.4.